The third kappa shape index (κ3) is 12.0. The van der Waals surface area contributed by atoms with Crippen LogP contribution in [0.25, 0.3) is 0 Å². The molecule has 0 aliphatic carbocycles. The summed E-state index contributed by atoms with van der Waals surface area (Å²) >= 11 is 0. The number of aliphatic hydroxyl groups excluding tert-OH is 2. The highest BCUT2D eigenvalue weighted by atomic mass is 16.4. The summed E-state index contributed by atoms with van der Waals surface area (Å²) in [7, 11) is 0. The van der Waals surface area contributed by atoms with Crippen LogP contribution in [0.3, 0.4) is 0 Å². The molecule has 0 radical (unpaired) electrons. The van der Waals surface area contributed by atoms with Gasteiger partial charge in [0.15, 0.2) is 0 Å². The summed E-state index contributed by atoms with van der Waals surface area (Å²) in [5.74, 6) is 0. The van der Waals surface area contributed by atoms with Crippen molar-refractivity contribution >= 4 is 0 Å². The maximum atomic E-state index is 10.3. The van der Waals surface area contributed by atoms with E-state index >= 15 is 0 Å². The van der Waals surface area contributed by atoms with Crippen molar-refractivity contribution in [2.24, 2.45) is 0 Å². The van der Waals surface area contributed by atoms with E-state index in [-0.39, 0.29) is 0 Å². The predicted molar refractivity (Wildman–Crippen MR) is 103 cm³/mol. The third-order valence-corrected chi connectivity index (χ3v) is 4.79. The van der Waals surface area contributed by atoms with E-state index in [1.807, 2.05) is 6.08 Å². The Morgan fingerprint density at radius 3 is 1.79 bits per heavy atom. The van der Waals surface area contributed by atoms with E-state index in [2.05, 4.69) is 13.8 Å². The second kappa shape index (κ2) is 16.1. The fraction of sp³-hybridized carbons (Fsp3) is 0.905. The zero-order valence-electron chi connectivity index (χ0n) is 16.2. The quantitative estimate of drug-likeness (QED) is 0.254. The molecule has 24 heavy (non-hydrogen) atoms. The lowest BCUT2D eigenvalue weighted by Gasteiger charge is -2.28. The van der Waals surface area contributed by atoms with Crippen LogP contribution in [0, 0.1) is 0 Å². The maximum absolute atomic E-state index is 10.3. The molecule has 0 bridgehead atoms. The SMILES string of the molecule is CCCC/C=C/[C@](O)(CO)[C@@H](O)CCCCCCCCCCCC. The Kier molecular flexibility index (Phi) is 15.9. The van der Waals surface area contributed by atoms with Crippen molar-refractivity contribution in [3.05, 3.63) is 12.2 Å². The Balaban J connectivity index is 3.74. The van der Waals surface area contributed by atoms with Gasteiger partial charge in [0, 0.05) is 0 Å². The molecule has 3 heteroatoms. The monoisotopic (exact) mass is 342 g/mol. The largest absolute Gasteiger partial charge is 0.393 e. The molecule has 0 aromatic rings. The Morgan fingerprint density at radius 1 is 0.792 bits per heavy atom. The molecular weight excluding hydrogens is 300 g/mol. The van der Waals surface area contributed by atoms with Gasteiger partial charge in [-0.25, -0.2) is 0 Å². The minimum atomic E-state index is -1.48. The molecule has 144 valence electrons. The maximum Gasteiger partial charge on any atom is 0.131 e. The number of hydrogen-bond donors (Lipinski definition) is 3. The lowest BCUT2D eigenvalue weighted by Crippen LogP contribution is -2.43. The van der Waals surface area contributed by atoms with Crippen LogP contribution in [-0.4, -0.2) is 33.6 Å². The summed E-state index contributed by atoms with van der Waals surface area (Å²) in [6.45, 7) is 3.94. The van der Waals surface area contributed by atoms with Gasteiger partial charge in [-0.05, 0) is 12.8 Å². The molecule has 0 aliphatic rings. The van der Waals surface area contributed by atoms with Crippen LogP contribution in [0.15, 0.2) is 12.2 Å². The molecule has 0 heterocycles. The van der Waals surface area contributed by atoms with E-state index in [9.17, 15) is 15.3 Å². The fourth-order valence-electron chi connectivity index (χ4n) is 2.95. The Morgan fingerprint density at radius 2 is 1.29 bits per heavy atom. The molecule has 0 saturated carbocycles. The zero-order chi connectivity index (χ0) is 18.1. The van der Waals surface area contributed by atoms with Crippen LogP contribution in [0.4, 0.5) is 0 Å². The topological polar surface area (TPSA) is 60.7 Å². The molecule has 3 nitrogen and oxygen atoms in total. The summed E-state index contributed by atoms with van der Waals surface area (Å²) < 4.78 is 0. The lowest BCUT2D eigenvalue weighted by atomic mass is 9.92. The van der Waals surface area contributed by atoms with Gasteiger partial charge in [0.1, 0.15) is 5.60 Å². The van der Waals surface area contributed by atoms with Gasteiger partial charge in [-0.2, -0.15) is 0 Å². The first kappa shape index (κ1) is 23.6. The highest BCUT2D eigenvalue weighted by Gasteiger charge is 2.31. The summed E-state index contributed by atoms with van der Waals surface area (Å²) in [5.41, 5.74) is -1.48. The Labute approximate surface area is 150 Å². The van der Waals surface area contributed by atoms with Crippen LogP contribution in [0.1, 0.15) is 104 Å². The summed E-state index contributed by atoms with van der Waals surface area (Å²) in [5, 5.41) is 29.9. The van der Waals surface area contributed by atoms with E-state index in [4.69, 9.17) is 0 Å². The predicted octanol–water partition coefficient (Wildman–Crippen LogP) is 5.13. The highest BCUT2D eigenvalue weighted by Crippen LogP contribution is 2.19. The Hall–Kier alpha value is -0.380. The molecule has 0 spiro atoms. The molecule has 0 aromatic carbocycles. The van der Waals surface area contributed by atoms with Crippen molar-refractivity contribution in [1.82, 2.24) is 0 Å². The molecule has 2 atom stereocenters. The van der Waals surface area contributed by atoms with Gasteiger partial charge in [0.25, 0.3) is 0 Å². The van der Waals surface area contributed by atoms with Gasteiger partial charge in [-0.1, -0.05) is 103 Å². The average Bonchev–Trinajstić information content (AvgIpc) is 2.60. The zero-order valence-corrected chi connectivity index (χ0v) is 16.2. The minimum absolute atomic E-state index is 0.422. The van der Waals surface area contributed by atoms with Gasteiger partial charge < -0.3 is 15.3 Å². The van der Waals surface area contributed by atoms with Crippen LogP contribution in [0.2, 0.25) is 0 Å². The summed E-state index contributed by atoms with van der Waals surface area (Å²) in [6.07, 6.45) is 18.7. The summed E-state index contributed by atoms with van der Waals surface area (Å²) in [6, 6.07) is 0. The first-order chi connectivity index (χ1) is 11.6. The van der Waals surface area contributed by atoms with E-state index in [0.717, 1.165) is 32.1 Å². The first-order valence-electron chi connectivity index (χ1n) is 10.3. The van der Waals surface area contributed by atoms with E-state index in [1.54, 1.807) is 6.08 Å². The van der Waals surface area contributed by atoms with Crippen LogP contribution in [-0.2, 0) is 0 Å². The molecule has 0 unspecified atom stereocenters. The highest BCUT2D eigenvalue weighted by molar-refractivity contribution is 5.05. The van der Waals surface area contributed by atoms with Gasteiger partial charge in [-0.15, -0.1) is 0 Å². The van der Waals surface area contributed by atoms with Crippen molar-refractivity contribution in [2.45, 2.75) is 115 Å². The second-order valence-electron chi connectivity index (χ2n) is 7.18. The molecule has 0 aromatic heterocycles. The number of rotatable bonds is 17. The van der Waals surface area contributed by atoms with Crippen molar-refractivity contribution in [3.63, 3.8) is 0 Å². The first-order valence-corrected chi connectivity index (χ1v) is 10.3. The van der Waals surface area contributed by atoms with Crippen LogP contribution >= 0.6 is 0 Å². The molecular formula is C21H42O3. The molecule has 0 saturated heterocycles. The molecule has 0 amide bonds. The van der Waals surface area contributed by atoms with Gasteiger partial charge in [0.2, 0.25) is 0 Å². The van der Waals surface area contributed by atoms with Gasteiger partial charge in [-0.3, -0.25) is 0 Å². The fourth-order valence-corrected chi connectivity index (χ4v) is 2.95. The molecule has 0 rings (SSSR count). The van der Waals surface area contributed by atoms with E-state index in [1.165, 1.54) is 51.4 Å². The standard InChI is InChI=1S/C21H42O3/c1-3-5-7-9-10-11-12-13-14-15-17-20(23)21(24,19-22)18-16-8-6-4-2/h16,18,20,22-24H,3-15,17,19H2,1-2H3/b18-16+/t20-,21-/m0/s1. The second-order valence-corrected chi connectivity index (χ2v) is 7.18. The number of hydrogen-bond acceptors (Lipinski definition) is 3. The van der Waals surface area contributed by atoms with Crippen LogP contribution < -0.4 is 0 Å². The normalized spacial score (nSPS) is 15.7. The molecule has 3 N–H and O–H groups in total. The van der Waals surface area contributed by atoms with Gasteiger partial charge in [0.05, 0.1) is 12.7 Å². The van der Waals surface area contributed by atoms with E-state index in [0.29, 0.717) is 6.42 Å². The minimum Gasteiger partial charge on any atom is -0.393 e. The van der Waals surface area contributed by atoms with E-state index < -0.39 is 18.3 Å². The van der Waals surface area contributed by atoms with Gasteiger partial charge >= 0.3 is 0 Å². The number of unbranched alkanes of at least 4 members (excludes halogenated alkanes) is 11. The average molecular weight is 343 g/mol. The lowest BCUT2D eigenvalue weighted by molar-refractivity contribution is -0.0747. The molecule has 0 aliphatic heterocycles. The summed E-state index contributed by atoms with van der Waals surface area (Å²) in [4.78, 5) is 0. The van der Waals surface area contributed by atoms with Crippen LogP contribution in [0.5, 0.6) is 0 Å². The third-order valence-electron chi connectivity index (χ3n) is 4.79. The van der Waals surface area contributed by atoms with Crippen molar-refractivity contribution < 1.29 is 15.3 Å². The number of allylic oxidation sites excluding steroid dienone is 1. The smallest absolute Gasteiger partial charge is 0.131 e. The van der Waals surface area contributed by atoms with Crippen molar-refractivity contribution in [3.8, 4) is 0 Å². The Bertz CT molecular complexity index is 291. The van der Waals surface area contributed by atoms with Crippen molar-refractivity contribution in [2.75, 3.05) is 6.61 Å². The molecule has 0 fully saturated rings. The number of aliphatic hydroxyl groups is 3. The van der Waals surface area contributed by atoms with Crippen molar-refractivity contribution in [1.29, 1.82) is 0 Å².